The van der Waals surface area contributed by atoms with Crippen molar-refractivity contribution in [1.29, 1.82) is 0 Å². The number of aryl methyl sites for hydroxylation is 1. The molecule has 1 aliphatic rings. The van der Waals surface area contributed by atoms with Gasteiger partial charge in [0.1, 0.15) is 11.3 Å². The van der Waals surface area contributed by atoms with Crippen molar-refractivity contribution in [3.8, 4) is 5.75 Å². The lowest BCUT2D eigenvalue weighted by molar-refractivity contribution is -0.122. The lowest BCUT2D eigenvalue weighted by atomic mass is 10.0. The first kappa shape index (κ1) is 18.7. The Labute approximate surface area is 161 Å². The van der Waals surface area contributed by atoms with Gasteiger partial charge in [-0.05, 0) is 60.9 Å². The van der Waals surface area contributed by atoms with Crippen LogP contribution in [-0.2, 0) is 9.59 Å². The van der Waals surface area contributed by atoms with Crippen LogP contribution in [0.25, 0.3) is 6.08 Å². The number of carbonyl (C=O) groups excluding carboxylic acids is 3. The summed E-state index contributed by atoms with van der Waals surface area (Å²) in [6.07, 6.45) is 1.39. The Morgan fingerprint density at radius 1 is 1.11 bits per heavy atom. The summed E-state index contributed by atoms with van der Waals surface area (Å²) in [4.78, 5) is 38.5. The molecule has 4 amide bonds. The number of amides is 4. The summed E-state index contributed by atoms with van der Waals surface area (Å²) < 4.78 is 5.15. The van der Waals surface area contributed by atoms with E-state index >= 15 is 0 Å². The second-order valence-corrected chi connectivity index (χ2v) is 6.54. The number of nitrogens with zero attached hydrogens (tertiary/aromatic N) is 1. The molecule has 138 valence electrons. The van der Waals surface area contributed by atoms with Gasteiger partial charge in [0.25, 0.3) is 11.8 Å². The predicted octanol–water partition coefficient (Wildman–Crippen LogP) is 3.63. The van der Waals surface area contributed by atoms with Crippen LogP contribution in [0, 0.1) is 13.8 Å². The first-order valence-corrected chi connectivity index (χ1v) is 8.52. The average Bonchev–Trinajstić information content (AvgIpc) is 2.61. The summed E-state index contributed by atoms with van der Waals surface area (Å²) in [6, 6.07) is 9.35. The SMILES string of the molecule is COc1cc(Cl)cc(/C=C2\C(=O)NC(=O)N(c3cccc(C)c3C)C2=O)c1. The number of hydrogen-bond acceptors (Lipinski definition) is 4. The molecule has 0 radical (unpaired) electrons. The number of hydrogen-bond donors (Lipinski definition) is 1. The van der Waals surface area contributed by atoms with Crippen molar-refractivity contribution in [3.05, 3.63) is 63.7 Å². The van der Waals surface area contributed by atoms with E-state index in [4.69, 9.17) is 16.3 Å². The van der Waals surface area contributed by atoms with Gasteiger partial charge in [-0.3, -0.25) is 14.9 Å². The molecule has 0 saturated carbocycles. The molecule has 7 heteroatoms. The van der Waals surface area contributed by atoms with Gasteiger partial charge in [-0.2, -0.15) is 0 Å². The van der Waals surface area contributed by atoms with Crippen LogP contribution in [0.1, 0.15) is 16.7 Å². The summed E-state index contributed by atoms with van der Waals surface area (Å²) >= 11 is 6.05. The lowest BCUT2D eigenvalue weighted by Crippen LogP contribution is -2.54. The first-order chi connectivity index (χ1) is 12.8. The molecule has 0 aliphatic carbocycles. The number of carbonyl (C=O) groups is 3. The van der Waals surface area contributed by atoms with Crippen molar-refractivity contribution in [2.24, 2.45) is 0 Å². The highest BCUT2D eigenvalue weighted by atomic mass is 35.5. The summed E-state index contributed by atoms with van der Waals surface area (Å²) in [5, 5.41) is 2.61. The zero-order chi connectivity index (χ0) is 19.7. The molecule has 0 atom stereocenters. The van der Waals surface area contributed by atoms with Crippen LogP contribution in [0.5, 0.6) is 5.75 Å². The number of ether oxygens (including phenoxy) is 1. The zero-order valence-electron chi connectivity index (χ0n) is 15.0. The molecule has 1 saturated heterocycles. The van der Waals surface area contributed by atoms with Crippen LogP contribution in [0.3, 0.4) is 0 Å². The Kier molecular flexibility index (Phi) is 5.01. The van der Waals surface area contributed by atoms with Crippen molar-refractivity contribution in [3.63, 3.8) is 0 Å². The minimum absolute atomic E-state index is 0.167. The Morgan fingerprint density at radius 2 is 1.85 bits per heavy atom. The Morgan fingerprint density at radius 3 is 2.56 bits per heavy atom. The second kappa shape index (κ2) is 7.25. The average molecular weight is 385 g/mol. The van der Waals surface area contributed by atoms with Gasteiger partial charge in [-0.25, -0.2) is 9.69 Å². The summed E-state index contributed by atoms with van der Waals surface area (Å²) in [5.41, 5.74) is 2.47. The molecule has 3 rings (SSSR count). The third kappa shape index (κ3) is 3.57. The summed E-state index contributed by atoms with van der Waals surface area (Å²) in [6.45, 7) is 3.69. The quantitative estimate of drug-likeness (QED) is 0.647. The molecule has 2 aromatic carbocycles. The second-order valence-electron chi connectivity index (χ2n) is 6.10. The van der Waals surface area contributed by atoms with E-state index in [0.29, 0.717) is 22.0 Å². The third-order valence-corrected chi connectivity index (χ3v) is 4.58. The van der Waals surface area contributed by atoms with E-state index in [-0.39, 0.29) is 5.57 Å². The smallest absolute Gasteiger partial charge is 0.335 e. The molecule has 0 aromatic heterocycles. The lowest BCUT2D eigenvalue weighted by Gasteiger charge is -2.28. The zero-order valence-corrected chi connectivity index (χ0v) is 15.8. The van der Waals surface area contributed by atoms with Gasteiger partial charge in [0, 0.05) is 5.02 Å². The highest BCUT2D eigenvalue weighted by Crippen LogP contribution is 2.28. The van der Waals surface area contributed by atoms with Crippen LogP contribution in [0.15, 0.2) is 42.0 Å². The van der Waals surface area contributed by atoms with E-state index in [9.17, 15) is 14.4 Å². The summed E-state index contributed by atoms with van der Waals surface area (Å²) in [7, 11) is 1.49. The van der Waals surface area contributed by atoms with Crippen LogP contribution in [0.2, 0.25) is 5.02 Å². The van der Waals surface area contributed by atoms with Gasteiger partial charge in [0.15, 0.2) is 0 Å². The van der Waals surface area contributed by atoms with E-state index in [2.05, 4.69) is 5.32 Å². The highest BCUT2D eigenvalue weighted by molar-refractivity contribution is 6.39. The number of urea groups is 1. The minimum Gasteiger partial charge on any atom is -0.497 e. The Hall–Kier alpha value is -3.12. The number of imide groups is 2. The van der Waals surface area contributed by atoms with E-state index in [1.165, 1.54) is 13.2 Å². The molecule has 0 bridgehead atoms. The normalized spacial score (nSPS) is 15.9. The van der Waals surface area contributed by atoms with E-state index in [1.807, 2.05) is 19.9 Å². The van der Waals surface area contributed by atoms with Gasteiger partial charge in [-0.1, -0.05) is 23.7 Å². The van der Waals surface area contributed by atoms with Gasteiger partial charge in [0.2, 0.25) is 0 Å². The number of halogens is 1. The topological polar surface area (TPSA) is 75.7 Å². The number of anilines is 1. The van der Waals surface area contributed by atoms with Crippen molar-refractivity contribution in [2.75, 3.05) is 12.0 Å². The fraction of sp³-hybridized carbons (Fsp3) is 0.150. The van der Waals surface area contributed by atoms with Crippen molar-refractivity contribution >= 4 is 41.2 Å². The molecular weight excluding hydrogens is 368 g/mol. The largest absolute Gasteiger partial charge is 0.497 e. The molecule has 0 unspecified atom stereocenters. The van der Waals surface area contributed by atoms with Crippen LogP contribution in [0.4, 0.5) is 10.5 Å². The van der Waals surface area contributed by atoms with Crippen molar-refractivity contribution in [1.82, 2.24) is 5.32 Å². The maximum atomic E-state index is 13.0. The van der Waals surface area contributed by atoms with E-state index < -0.39 is 17.8 Å². The molecule has 2 aromatic rings. The molecule has 6 nitrogen and oxygen atoms in total. The molecule has 1 fully saturated rings. The fourth-order valence-electron chi connectivity index (χ4n) is 2.81. The number of rotatable bonds is 3. The van der Waals surface area contributed by atoms with Gasteiger partial charge in [-0.15, -0.1) is 0 Å². The maximum Gasteiger partial charge on any atom is 0.335 e. The van der Waals surface area contributed by atoms with Crippen LogP contribution < -0.4 is 15.0 Å². The molecule has 0 spiro atoms. The monoisotopic (exact) mass is 384 g/mol. The van der Waals surface area contributed by atoms with Crippen LogP contribution in [-0.4, -0.2) is 25.0 Å². The minimum atomic E-state index is -0.778. The molecule has 1 heterocycles. The Bertz CT molecular complexity index is 997. The Balaban J connectivity index is 2.08. The van der Waals surface area contributed by atoms with E-state index in [1.54, 1.807) is 30.3 Å². The standard InChI is InChI=1S/C20H17ClN2O4/c1-11-5-4-6-17(12(11)2)23-19(25)16(18(24)22-20(23)26)9-13-7-14(21)10-15(8-13)27-3/h4-10H,1-3H3,(H,22,24,26)/b16-9+. The molecule has 1 aliphatic heterocycles. The van der Waals surface area contributed by atoms with Crippen molar-refractivity contribution < 1.29 is 19.1 Å². The number of nitrogens with one attached hydrogen (secondary N) is 1. The van der Waals surface area contributed by atoms with E-state index in [0.717, 1.165) is 16.0 Å². The maximum absolute atomic E-state index is 13.0. The van der Waals surface area contributed by atoms with Gasteiger partial charge >= 0.3 is 6.03 Å². The number of methoxy groups -OCH3 is 1. The summed E-state index contributed by atoms with van der Waals surface area (Å²) in [5.74, 6) is -0.970. The third-order valence-electron chi connectivity index (χ3n) is 4.36. The predicted molar refractivity (Wildman–Crippen MR) is 103 cm³/mol. The molecule has 1 N–H and O–H groups in total. The van der Waals surface area contributed by atoms with Crippen molar-refractivity contribution in [2.45, 2.75) is 13.8 Å². The first-order valence-electron chi connectivity index (χ1n) is 8.14. The molecule has 27 heavy (non-hydrogen) atoms. The van der Waals surface area contributed by atoms with Gasteiger partial charge < -0.3 is 4.74 Å². The number of barbiturate groups is 1. The highest BCUT2D eigenvalue weighted by Gasteiger charge is 2.37. The fourth-order valence-corrected chi connectivity index (χ4v) is 3.04. The molecular formula is C20H17ClN2O4. The number of benzene rings is 2. The van der Waals surface area contributed by atoms with Crippen LogP contribution >= 0.6 is 11.6 Å². The van der Waals surface area contributed by atoms with Gasteiger partial charge in [0.05, 0.1) is 12.8 Å².